The highest BCUT2D eigenvalue weighted by Crippen LogP contribution is 2.26. The summed E-state index contributed by atoms with van der Waals surface area (Å²) >= 11 is 0. The third-order valence-electron chi connectivity index (χ3n) is 6.27. The van der Waals surface area contributed by atoms with Gasteiger partial charge in [0.1, 0.15) is 11.5 Å². The Balaban J connectivity index is 1.33. The van der Waals surface area contributed by atoms with Crippen LogP contribution in [-0.4, -0.2) is 48.4 Å². The number of piperidine rings is 1. The molecule has 2 saturated heterocycles. The molecule has 5 nitrogen and oxygen atoms in total. The summed E-state index contributed by atoms with van der Waals surface area (Å²) in [5.74, 6) is 2.17. The minimum atomic E-state index is 0.0741. The molecule has 0 radical (unpaired) electrons. The number of nitrogens with one attached hydrogen (secondary N) is 1. The monoisotopic (exact) mass is 395 g/mol. The Bertz CT molecular complexity index is 782. The van der Waals surface area contributed by atoms with E-state index in [1.165, 1.54) is 18.4 Å². The predicted octanol–water partition coefficient (Wildman–Crippen LogP) is 3.75. The van der Waals surface area contributed by atoms with Crippen LogP contribution in [0.2, 0.25) is 0 Å². The molecule has 2 fully saturated rings. The first-order valence-electron chi connectivity index (χ1n) is 11.0. The number of furan rings is 1. The number of carbonyl (C=O) groups is 1. The van der Waals surface area contributed by atoms with Gasteiger partial charge in [0.05, 0.1) is 12.0 Å². The third-order valence-corrected chi connectivity index (χ3v) is 6.27. The van der Waals surface area contributed by atoms with E-state index < -0.39 is 0 Å². The van der Waals surface area contributed by atoms with Crippen molar-refractivity contribution in [2.75, 3.05) is 32.7 Å². The van der Waals surface area contributed by atoms with Gasteiger partial charge in [-0.15, -0.1) is 0 Å². The molecule has 29 heavy (non-hydrogen) atoms. The summed E-state index contributed by atoms with van der Waals surface area (Å²) in [6, 6.07) is 14.8. The van der Waals surface area contributed by atoms with Gasteiger partial charge in [0, 0.05) is 19.6 Å². The van der Waals surface area contributed by atoms with Crippen LogP contribution in [0, 0.1) is 12.8 Å². The van der Waals surface area contributed by atoms with Crippen LogP contribution >= 0.6 is 0 Å². The van der Waals surface area contributed by atoms with E-state index in [1.807, 2.05) is 19.1 Å². The minimum absolute atomic E-state index is 0.0741. The topological polar surface area (TPSA) is 48.7 Å². The van der Waals surface area contributed by atoms with Crippen molar-refractivity contribution in [1.82, 2.24) is 15.1 Å². The lowest BCUT2D eigenvalue weighted by Gasteiger charge is -2.33. The Kier molecular flexibility index (Phi) is 6.67. The van der Waals surface area contributed by atoms with Crippen molar-refractivity contribution < 1.29 is 9.21 Å². The Morgan fingerprint density at radius 1 is 1.10 bits per heavy atom. The van der Waals surface area contributed by atoms with Crippen LogP contribution < -0.4 is 5.32 Å². The van der Waals surface area contributed by atoms with E-state index in [1.54, 1.807) is 0 Å². The van der Waals surface area contributed by atoms with E-state index >= 15 is 0 Å². The average molecular weight is 396 g/mol. The first-order chi connectivity index (χ1) is 14.2. The highest BCUT2D eigenvalue weighted by molar-refractivity contribution is 5.79. The summed E-state index contributed by atoms with van der Waals surface area (Å²) < 4.78 is 5.92. The van der Waals surface area contributed by atoms with Crippen LogP contribution in [0.1, 0.15) is 48.8 Å². The summed E-state index contributed by atoms with van der Waals surface area (Å²) in [7, 11) is 0. The van der Waals surface area contributed by atoms with Gasteiger partial charge in [0.2, 0.25) is 5.91 Å². The zero-order valence-electron chi connectivity index (χ0n) is 17.5. The van der Waals surface area contributed by atoms with Gasteiger partial charge in [-0.2, -0.15) is 0 Å². The van der Waals surface area contributed by atoms with Gasteiger partial charge in [-0.1, -0.05) is 30.3 Å². The molecule has 0 aliphatic carbocycles. The second kappa shape index (κ2) is 9.59. The van der Waals surface area contributed by atoms with Crippen molar-refractivity contribution in [2.45, 2.75) is 45.2 Å². The number of hydrogen-bond donors (Lipinski definition) is 1. The molecule has 2 aliphatic rings. The number of aryl methyl sites for hydroxylation is 1. The summed E-state index contributed by atoms with van der Waals surface area (Å²) in [5.41, 5.74) is 1.32. The maximum absolute atomic E-state index is 13.0. The molecule has 4 rings (SSSR count). The molecule has 2 atom stereocenters. The average Bonchev–Trinajstić information content (AvgIpc) is 3.42. The molecule has 3 heterocycles. The molecule has 0 spiro atoms. The standard InChI is InChI=1S/C24H33N3O2/c1-19-11-12-23(29-19)22(27-14-5-6-15-27)16-25-24(28)21-10-7-13-26(18-21)17-20-8-3-2-4-9-20/h2-4,8-9,11-12,21-22H,5-7,10,13-18H2,1H3,(H,25,28). The summed E-state index contributed by atoms with van der Waals surface area (Å²) in [6.45, 7) is 7.60. The van der Waals surface area contributed by atoms with Crippen molar-refractivity contribution in [1.29, 1.82) is 0 Å². The van der Waals surface area contributed by atoms with E-state index in [0.29, 0.717) is 6.54 Å². The zero-order chi connectivity index (χ0) is 20.1. The minimum Gasteiger partial charge on any atom is -0.465 e. The Morgan fingerprint density at radius 2 is 1.90 bits per heavy atom. The highest BCUT2D eigenvalue weighted by atomic mass is 16.3. The lowest BCUT2D eigenvalue weighted by atomic mass is 9.96. The molecule has 1 amide bonds. The molecular formula is C24H33N3O2. The number of hydrogen-bond acceptors (Lipinski definition) is 4. The molecule has 5 heteroatoms. The number of benzene rings is 1. The number of likely N-dealkylation sites (tertiary alicyclic amines) is 2. The van der Waals surface area contributed by atoms with E-state index in [9.17, 15) is 4.79 Å². The Labute approximate surface area is 174 Å². The zero-order valence-corrected chi connectivity index (χ0v) is 17.5. The largest absolute Gasteiger partial charge is 0.465 e. The fraction of sp³-hybridized carbons (Fsp3) is 0.542. The molecule has 1 aromatic carbocycles. The smallest absolute Gasteiger partial charge is 0.224 e. The fourth-order valence-corrected chi connectivity index (χ4v) is 4.69. The van der Waals surface area contributed by atoms with Gasteiger partial charge >= 0.3 is 0 Å². The van der Waals surface area contributed by atoms with Gasteiger partial charge < -0.3 is 9.73 Å². The number of nitrogens with zero attached hydrogens (tertiary/aromatic N) is 2. The van der Waals surface area contributed by atoms with Crippen LogP contribution in [0.15, 0.2) is 46.9 Å². The van der Waals surface area contributed by atoms with Crippen molar-refractivity contribution in [3.05, 3.63) is 59.5 Å². The van der Waals surface area contributed by atoms with Gasteiger partial charge in [0.25, 0.3) is 0 Å². The molecule has 2 aliphatic heterocycles. The van der Waals surface area contributed by atoms with Gasteiger partial charge in [-0.25, -0.2) is 0 Å². The van der Waals surface area contributed by atoms with E-state index in [4.69, 9.17) is 4.42 Å². The third kappa shape index (κ3) is 5.28. The van der Waals surface area contributed by atoms with E-state index in [2.05, 4.69) is 45.4 Å². The highest BCUT2D eigenvalue weighted by Gasteiger charge is 2.29. The maximum atomic E-state index is 13.0. The first-order valence-corrected chi connectivity index (χ1v) is 11.0. The summed E-state index contributed by atoms with van der Waals surface area (Å²) in [6.07, 6.45) is 4.51. The normalized spacial score (nSPS) is 21.9. The molecule has 156 valence electrons. The van der Waals surface area contributed by atoms with Crippen LogP contribution in [0.5, 0.6) is 0 Å². The quantitative estimate of drug-likeness (QED) is 0.776. The van der Waals surface area contributed by atoms with Crippen molar-refractivity contribution in [2.24, 2.45) is 5.92 Å². The lowest BCUT2D eigenvalue weighted by molar-refractivity contribution is -0.127. The molecule has 0 bridgehead atoms. The lowest BCUT2D eigenvalue weighted by Crippen LogP contribution is -2.45. The van der Waals surface area contributed by atoms with Crippen LogP contribution in [0.3, 0.4) is 0 Å². The SMILES string of the molecule is Cc1ccc(C(CNC(=O)C2CCCN(Cc3ccccc3)C2)N2CCCC2)o1. The maximum Gasteiger partial charge on any atom is 0.224 e. The molecule has 2 aromatic rings. The molecule has 2 unspecified atom stereocenters. The number of rotatable bonds is 7. The molecule has 0 saturated carbocycles. The van der Waals surface area contributed by atoms with Crippen molar-refractivity contribution in [3.63, 3.8) is 0 Å². The Morgan fingerprint density at radius 3 is 2.62 bits per heavy atom. The second-order valence-electron chi connectivity index (χ2n) is 8.51. The predicted molar refractivity (Wildman–Crippen MR) is 114 cm³/mol. The van der Waals surface area contributed by atoms with Crippen LogP contribution in [0.4, 0.5) is 0 Å². The number of amides is 1. The Hall–Kier alpha value is -2.11. The van der Waals surface area contributed by atoms with Gasteiger partial charge in [-0.05, 0) is 69.9 Å². The van der Waals surface area contributed by atoms with Crippen LogP contribution in [-0.2, 0) is 11.3 Å². The number of carbonyl (C=O) groups excluding carboxylic acids is 1. The van der Waals surface area contributed by atoms with Crippen molar-refractivity contribution >= 4 is 5.91 Å². The molecule has 1 N–H and O–H groups in total. The van der Waals surface area contributed by atoms with Crippen LogP contribution in [0.25, 0.3) is 0 Å². The fourth-order valence-electron chi connectivity index (χ4n) is 4.69. The first kappa shape index (κ1) is 20.2. The summed E-state index contributed by atoms with van der Waals surface area (Å²) in [4.78, 5) is 17.8. The summed E-state index contributed by atoms with van der Waals surface area (Å²) in [5, 5.41) is 3.25. The van der Waals surface area contributed by atoms with E-state index in [-0.39, 0.29) is 17.9 Å². The second-order valence-corrected chi connectivity index (χ2v) is 8.51. The van der Waals surface area contributed by atoms with E-state index in [0.717, 1.165) is 57.1 Å². The van der Waals surface area contributed by atoms with Gasteiger partial charge in [-0.3, -0.25) is 14.6 Å². The molecule has 1 aromatic heterocycles. The molecular weight excluding hydrogens is 362 g/mol. The van der Waals surface area contributed by atoms with Crippen molar-refractivity contribution in [3.8, 4) is 0 Å². The van der Waals surface area contributed by atoms with Gasteiger partial charge in [0.15, 0.2) is 0 Å².